The molecule has 0 bridgehead atoms. The van der Waals surface area contributed by atoms with Crippen LogP contribution in [-0.4, -0.2) is 36.7 Å². The van der Waals surface area contributed by atoms with E-state index in [4.69, 9.17) is 4.98 Å². The number of H-pyrrole nitrogens is 2. The molecule has 5 aromatic heterocycles. The van der Waals surface area contributed by atoms with Gasteiger partial charge < -0.3 is 10.3 Å². The Balaban J connectivity index is 1.31. The Morgan fingerprint density at radius 1 is 1.00 bits per heavy atom. The number of nitrogens with one attached hydrogen (secondary N) is 3. The third kappa shape index (κ3) is 5.10. The Kier molecular flexibility index (Phi) is 7.11. The molecule has 6 aromatic rings. The highest BCUT2D eigenvalue weighted by atomic mass is 15.1. The van der Waals surface area contributed by atoms with Gasteiger partial charge in [-0.25, -0.2) is 4.98 Å². The Labute approximate surface area is 232 Å². The number of rotatable bonds is 9. The monoisotopic (exact) mass is 523 g/mol. The van der Waals surface area contributed by atoms with E-state index in [1.165, 1.54) is 5.56 Å². The topological polar surface area (TPSA) is 95.2 Å². The molecule has 0 aliphatic heterocycles. The molecule has 0 radical (unpaired) electrons. The van der Waals surface area contributed by atoms with Crippen LogP contribution in [0.2, 0.25) is 0 Å². The van der Waals surface area contributed by atoms with E-state index in [0.29, 0.717) is 6.54 Å². The maximum atomic E-state index is 5.04. The highest BCUT2D eigenvalue weighted by Crippen LogP contribution is 2.32. The van der Waals surface area contributed by atoms with Gasteiger partial charge in [-0.1, -0.05) is 55.1 Å². The van der Waals surface area contributed by atoms with Gasteiger partial charge in [0.25, 0.3) is 0 Å². The van der Waals surface area contributed by atoms with Crippen molar-refractivity contribution in [2.45, 2.75) is 13.5 Å². The number of aromatic nitrogens is 6. The van der Waals surface area contributed by atoms with Crippen LogP contribution in [0.15, 0.2) is 116 Å². The third-order valence-corrected chi connectivity index (χ3v) is 6.86. The second-order valence-electron chi connectivity index (χ2n) is 9.47. The number of hydrogen-bond acceptors (Lipinski definition) is 5. The first-order valence-electron chi connectivity index (χ1n) is 13.2. The molecule has 0 atom stereocenters. The normalized spacial score (nSPS) is 12.3. The van der Waals surface area contributed by atoms with E-state index < -0.39 is 0 Å². The van der Waals surface area contributed by atoms with Crippen molar-refractivity contribution in [2.24, 2.45) is 0 Å². The zero-order valence-corrected chi connectivity index (χ0v) is 22.2. The number of aromatic amines is 2. The largest absolute Gasteiger partial charge is 0.352 e. The number of benzene rings is 1. The van der Waals surface area contributed by atoms with Crippen molar-refractivity contribution in [3.63, 3.8) is 0 Å². The molecule has 196 valence electrons. The summed E-state index contributed by atoms with van der Waals surface area (Å²) in [4.78, 5) is 17.5. The summed E-state index contributed by atoms with van der Waals surface area (Å²) in [6.07, 6.45) is 11.6. The van der Waals surface area contributed by atoms with Gasteiger partial charge in [-0.2, -0.15) is 5.10 Å². The number of fused-ring (bicyclic) bond motifs is 2. The van der Waals surface area contributed by atoms with E-state index in [1.807, 2.05) is 61.8 Å². The van der Waals surface area contributed by atoms with Gasteiger partial charge in [0.05, 0.1) is 34.3 Å². The second-order valence-corrected chi connectivity index (χ2v) is 9.47. The van der Waals surface area contributed by atoms with Crippen LogP contribution in [0.4, 0.5) is 0 Å². The molecule has 0 spiro atoms. The maximum Gasteiger partial charge on any atom is 0.135 e. The molecular formula is C33H29N7. The van der Waals surface area contributed by atoms with Crippen molar-refractivity contribution < 1.29 is 0 Å². The van der Waals surface area contributed by atoms with Crippen LogP contribution in [-0.2, 0) is 6.54 Å². The highest BCUT2D eigenvalue weighted by molar-refractivity contribution is 5.99. The summed E-state index contributed by atoms with van der Waals surface area (Å²) in [6, 6.07) is 22.4. The molecule has 0 fully saturated rings. The Bertz CT molecular complexity index is 1840. The van der Waals surface area contributed by atoms with Crippen LogP contribution in [0, 0.1) is 0 Å². The van der Waals surface area contributed by atoms with E-state index in [1.54, 1.807) is 6.20 Å². The lowest BCUT2D eigenvalue weighted by Gasteiger charge is -2.08. The summed E-state index contributed by atoms with van der Waals surface area (Å²) in [5, 5.41) is 12.3. The minimum atomic E-state index is 0.705. The van der Waals surface area contributed by atoms with Crippen LogP contribution in [0.3, 0.4) is 0 Å². The van der Waals surface area contributed by atoms with Crippen LogP contribution in [0.5, 0.6) is 0 Å². The van der Waals surface area contributed by atoms with E-state index >= 15 is 0 Å². The number of hydrogen-bond donors (Lipinski definition) is 3. The van der Waals surface area contributed by atoms with E-state index in [0.717, 1.165) is 68.0 Å². The fourth-order valence-corrected chi connectivity index (χ4v) is 4.79. The van der Waals surface area contributed by atoms with E-state index in [2.05, 4.69) is 79.5 Å². The van der Waals surface area contributed by atoms with Gasteiger partial charge in [0.15, 0.2) is 0 Å². The highest BCUT2D eigenvalue weighted by Gasteiger charge is 2.16. The van der Waals surface area contributed by atoms with Gasteiger partial charge in [0.1, 0.15) is 11.2 Å². The van der Waals surface area contributed by atoms with Crippen molar-refractivity contribution in [1.29, 1.82) is 0 Å². The summed E-state index contributed by atoms with van der Waals surface area (Å²) < 4.78 is 0. The minimum Gasteiger partial charge on any atom is -0.352 e. The zero-order valence-electron chi connectivity index (χ0n) is 22.2. The van der Waals surface area contributed by atoms with Gasteiger partial charge in [0.2, 0.25) is 0 Å². The van der Waals surface area contributed by atoms with Crippen LogP contribution >= 0.6 is 0 Å². The predicted octanol–water partition coefficient (Wildman–Crippen LogP) is 6.87. The molecular weight excluding hydrogens is 494 g/mol. The summed E-state index contributed by atoms with van der Waals surface area (Å²) in [7, 11) is 0. The molecule has 0 amide bonds. The first-order valence-corrected chi connectivity index (χ1v) is 13.2. The maximum absolute atomic E-state index is 5.04. The lowest BCUT2D eigenvalue weighted by Crippen LogP contribution is -2.16. The molecule has 0 saturated heterocycles. The van der Waals surface area contributed by atoms with E-state index in [-0.39, 0.29) is 0 Å². The standard InChI is InChI=1S/C33H29N7/c1-3-22(18-34-19-23-10-6-5-7-11-23)16-24(4-2)27-13-14-29-32(38-27)33(40-39-29)30-17-25-26(20-35-21-31(25)37-30)28-12-8-9-15-36-28/h3-17,20-21,34,37H,1,18-19H2,2H3,(H,39,40)/b22-16+,24-4+. The van der Waals surface area contributed by atoms with Crippen molar-refractivity contribution in [1.82, 2.24) is 35.5 Å². The van der Waals surface area contributed by atoms with Gasteiger partial charge in [0, 0.05) is 36.4 Å². The van der Waals surface area contributed by atoms with Crippen LogP contribution < -0.4 is 5.32 Å². The average molecular weight is 524 g/mol. The van der Waals surface area contributed by atoms with Crippen LogP contribution in [0.25, 0.3) is 50.2 Å². The van der Waals surface area contributed by atoms with Gasteiger partial charge in [-0.05, 0) is 60.0 Å². The van der Waals surface area contributed by atoms with Crippen molar-refractivity contribution >= 4 is 27.5 Å². The van der Waals surface area contributed by atoms with E-state index in [9.17, 15) is 0 Å². The van der Waals surface area contributed by atoms with Crippen molar-refractivity contribution in [2.75, 3.05) is 6.54 Å². The van der Waals surface area contributed by atoms with Gasteiger partial charge in [-0.3, -0.25) is 15.1 Å². The summed E-state index contributed by atoms with van der Waals surface area (Å²) in [6.45, 7) is 7.55. The Hall–Kier alpha value is -5.14. The van der Waals surface area contributed by atoms with Gasteiger partial charge in [-0.15, -0.1) is 0 Å². The summed E-state index contributed by atoms with van der Waals surface area (Å²) >= 11 is 0. The molecule has 0 aliphatic carbocycles. The molecule has 6 rings (SSSR count). The molecule has 7 heteroatoms. The molecule has 40 heavy (non-hydrogen) atoms. The van der Waals surface area contributed by atoms with Crippen LogP contribution in [0.1, 0.15) is 18.2 Å². The summed E-state index contributed by atoms with van der Waals surface area (Å²) in [5.74, 6) is 0. The quantitative estimate of drug-likeness (QED) is 0.180. The molecule has 1 aromatic carbocycles. The number of allylic oxidation sites excluding steroid dienone is 3. The third-order valence-electron chi connectivity index (χ3n) is 6.86. The number of nitrogens with zero attached hydrogens (tertiary/aromatic N) is 4. The predicted molar refractivity (Wildman–Crippen MR) is 162 cm³/mol. The summed E-state index contributed by atoms with van der Waals surface area (Å²) in [5.41, 5.74) is 10.3. The Morgan fingerprint density at radius 3 is 2.67 bits per heavy atom. The first-order chi connectivity index (χ1) is 19.7. The lowest BCUT2D eigenvalue weighted by molar-refractivity contribution is 0.747. The minimum absolute atomic E-state index is 0.705. The second kappa shape index (κ2) is 11.3. The Morgan fingerprint density at radius 2 is 1.88 bits per heavy atom. The van der Waals surface area contributed by atoms with Crippen molar-refractivity contribution in [3.8, 4) is 22.6 Å². The van der Waals surface area contributed by atoms with Crippen molar-refractivity contribution in [3.05, 3.63) is 127 Å². The molecule has 3 N–H and O–H groups in total. The molecule has 5 heterocycles. The number of pyridine rings is 3. The molecule has 0 unspecified atom stereocenters. The fourth-order valence-electron chi connectivity index (χ4n) is 4.79. The average Bonchev–Trinajstić information content (AvgIpc) is 3.63. The smallest absolute Gasteiger partial charge is 0.135 e. The van der Waals surface area contributed by atoms with Gasteiger partial charge >= 0.3 is 0 Å². The molecule has 0 aliphatic rings. The lowest BCUT2D eigenvalue weighted by atomic mass is 10.1. The first kappa shape index (κ1) is 25.2. The molecule has 7 nitrogen and oxygen atoms in total. The zero-order chi connectivity index (χ0) is 27.3. The SMILES string of the molecule is C=C/C(=C\C(=C/C)c1ccc2[nH]nc(-c3cc4c(-c5ccccn5)cncc4[nH]3)c2n1)CNCc1ccccc1. The molecule has 0 saturated carbocycles. The fraction of sp³-hybridized carbons (Fsp3) is 0.0909.